The lowest BCUT2D eigenvalue weighted by Gasteiger charge is -1.98. The van der Waals surface area contributed by atoms with E-state index in [0.29, 0.717) is 5.56 Å². The first-order valence-electron chi connectivity index (χ1n) is 7.39. The van der Waals surface area contributed by atoms with Crippen LogP contribution < -0.4 is 5.32 Å². The maximum absolute atomic E-state index is 10.6. The summed E-state index contributed by atoms with van der Waals surface area (Å²) < 4.78 is 0. The van der Waals surface area contributed by atoms with Crippen LogP contribution in [0.4, 0.5) is 0 Å². The second-order valence-corrected chi connectivity index (χ2v) is 4.92. The normalized spacial score (nSPS) is 11.8. The molecule has 25 heavy (non-hydrogen) atoms. The van der Waals surface area contributed by atoms with E-state index in [4.69, 9.17) is 5.11 Å². The molecule has 0 radical (unpaired) electrons. The number of ketones is 1. The van der Waals surface area contributed by atoms with Crippen LogP contribution >= 0.6 is 0 Å². The van der Waals surface area contributed by atoms with Gasteiger partial charge >= 0.3 is 5.97 Å². The topological polar surface area (TPSA) is 99.3 Å². The Bertz CT molecular complexity index is 881. The number of carbonyl (C=O) groups excluding carboxylic acids is 2. The molecule has 6 heteroatoms. The highest BCUT2D eigenvalue weighted by Gasteiger charge is 2.12. The minimum Gasteiger partial charge on any atom is -0.478 e. The van der Waals surface area contributed by atoms with Gasteiger partial charge in [0.1, 0.15) is 0 Å². The lowest BCUT2D eigenvalue weighted by molar-refractivity contribution is -0.133. The number of aromatic nitrogens is 1. The number of carboxylic acids is 1. The largest absolute Gasteiger partial charge is 0.478 e. The minimum atomic E-state index is -0.884. The summed E-state index contributed by atoms with van der Waals surface area (Å²) >= 11 is 0. The van der Waals surface area contributed by atoms with Crippen molar-refractivity contribution in [2.75, 3.05) is 0 Å². The second kappa shape index (κ2) is 8.83. The first kappa shape index (κ1) is 17.7. The Kier molecular flexibility index (Phi) is 6.24. The van der Waals surface area contributed by atoms with Crippen molar-refractivity contribution >= 4 is 28.4 Å². The fraction of sp³-hybridized carbons (Fsp3) is 0. The van der Waals surface area contributed by atoms with Gasteiger partial charge in [0.25, 0.3) is 5.91 Å². The van der Waals surface area contributed by atoms with Crippen molar-refractivity contribution < 1.29 is 19.5 Å². The molecular formula is C19H16N2O4. The van der Waals surface area contributed by atoms with Gasteiger partial charge in [0.2, 0.25) is 5.78 Å². The van der Waals surface area contributed by atoms with Crippen LogP contribution in [0.5, 0.6) is 0 Å². The monoisotopic (exact) mass is 336 g/mol. The van der Waals surface area contributed by atoms with Gasteiger partial charge in [0.05, 0.1) is 5.56 Å². The van der Waals surface area contributed by atoms with Crippen molar-refractivity contribution in [2.24, 2.45) is 0 Å². The number of hydrogen-bond acceptors (Lipinski definition) is 3. The Morgan fingerprint density at radius 2 is 1.56 bits per heavy atom. The number of aromatic carboxylic acids is 1. The molecule has 0 bridgehead atoms. The third-order valence-corrected chi connectivity index (χ3v) is 3.17. The molecule has 3 aromatic rings. The summed E-state index contributed by atoms with van der Waals surface area (Å²) in [4.78, 5) is 33.6. The van der Waals surface area contributed by atoms with Gasteiger partial charge in [0.15, 0.2) is 0 Å². The molecule has 0 aliphatic carbocycles. The van der Waals surface area contributed by atoms with E-state index in [2.05, 4.69) is 10.3 Å². The predicted octanol–water partition coefficient (Wildman–Crippen LogP) is 2.75. The Hall–Kier alpha value is -3.67. The number of benzene rings is 2. The molecule has 0 saturated heterocycles. The number of rotatable bonds is 1. The summed E-state index contributed by atoms with van der Waals surface area (Å²) in [6.07, 6.45) is 6.27. The fourth-order valence-corrected chi connectivity index (χ4v) is 1.94. The summed E-state index contributed by atoms with van der Waals surface area (Å²) in [6, 6.07) is 16.7. The van der Waals surface area contributed by atoms with E-state index >= 15 is 0 Å². The van der Waals surface area contributed by atoms with Gasteiger partial charge in [-0.2, -0.15) is 0 Å². The predicted molar refractivity (Wildman–Crippen MR) is 94.0 cm³/mol. The zero-order chi connectivity index (χ0) is 18.1. The molecule has 0 spiro atoms. The Morgan fingerprint density at radius 3 is 2.00 bits per heavy atom. The summed E-state index contributed by atoms with van der Waals surface area (Å²) in [5.41, 5.74) is 0.332. The zero-order valence-corrected chi connectivity index (χ0v) is 13.2. The van der Waals surface area contributed by atoms with Crippen LogP contribution in [-0.2, 0) is 9.59 Å². The highest BCUT2D eigenvalue weighted by molar-refractivity contribution is 6.42. The van der Waals surface area contributed by atoms with E-state index < -0.39 is 17.7 Å². The van der Waals surface area contributed by atoms with Crippen LogP contribution in [0.2, 0.25) is 0 Å². The van der Waals surface area contributed by atoms with Crippen LogP contribution in [0, 0.1) is 0 Å². The number of amides is 1. The van der Waals surface area contributed by atoms with Crippen LogP contribution in [0.15, 0.2) is 79.3 Å². The van der Waals surface area contributed by atoms with E-state index in [1.807, 2.05) is 54.9 Å². The van der Waals surface area contributed by atoms with Crippen LogP contribution in [0.1, 0.15) is 10.4 Å². The van der Waals surface area contributed by atoms with Crippen molar-refractivity contribution in [3.05, 3.63) is 84.8 Å². The summed E-state index contributed by atoms with van der Waals surface area (Å²) in [6.45, 7) is 0. The number of carboxylic acid groups (broad SMARTS) is 1. The van der Waals surface area contributed by atoms with Gasteiger partial charge in [-0.05, 0) is 35.0 Å². The number of carbonyl (C=O) groups is 3. The van der Waals surface area contributed by atoms with Crippen LogP contribution in [0.25, 0.3) is 10.8 Å². The van der Waals surface area contributed by atoms with E-state index in [-0.39, 0.29) is 0 Å². The molecule has 1 amide bonds. The minimum absolute atomic E-state index is 0.332. The molecule has 1 aromatic heterocycles. The number of H-pyrrole nitrogens is 1. The lowest BCUT2D eigenvalue weighted by atomic mass is 10.1. The van der Waals surface area contributed by atoms with Gasteiger partial charge in [0, 0.05) is 24.7 Å². The molecule has 1 aliphatic heterocycles. The Morgan fingerprint density at radius 1 is 0.880 bits per heavy atom. The maximum Gasteiger partial charge on any atom is 0.335 e. The third kappa shape index (κ3) is 5.47. The average Bonchev–Trinajstić information content (AvgIpc) is 3.31. The number of fused-ring (bicyclic) bond motifs is 1. The van der Waals surface area contributed by atoms with Gasteiger partial charge in [-0.15, -0.1) is 0 Å². The van der Waals surface area contributed by atoms with E-state index in [1.165, 1.54) is 12.3 Å². The van der Waals surface area contributed by atoms with Crippen molar-refractivity contribution in [3.63, 3.8) is 0 Å². The van der Waals surface area contributed by atoms with Crippen molar-refractivity contribution in [1.82, 2.24) is 10.3 Å². The third-order valence-electron chi connectivity index (χ3n) is 3.17. The van der Waals surface area contributed by atoms with E-state index in [0.717, 1.165) is 10.8 Å². The Labute approximate surface area is 143 Å². The van der Waals surface area contributed by atoms with Gasteiger partial charge in [-0.25, -0.2) is 4.79 Å². The molecule has 2 heterocycles. The van der Waals surface area contributed by atoms with Crippen molar-refractivity contribution in [1.29, 1.82) is 0 Å². The van der Waals surface area contributed by atoms with Crippen molar-refractivity contribution in [2.45, 2.75) is 0 Å². The summed E-state index contributed by atoms with van der Waals surface area (Å²) in [5.74, 6) is -1.90. The van der Waals surface area contributed by atoms with Gasteiger partial charge in [-0.3, -0.25) is 9.59 Å². The number of aromatic amines is 1. The lowest BCUT2D eigenvalue weighted by Crippen LogP contribution is -2.17. The zero-order valence-electron chi connectivity index (χ0n) is 13.2. The molecule has 3 N–H and O–H groups in total. The fourth-order valence-electron chi connectivity index (χ4n) is 1.94. The first-order chi connectivity index (χ1) is 12.1. The molecule has 1 aliphatic rings. The molecule has 0 fully saturated rings. The molecule has 4 rings (SSSR count). The maximum atomic E-state index is 10.6. The first-order valence-corrected chi connectivity index (χ1v) is 7.39. The quantitative estimate of drug-likeness (QED) is 0.595. The SMILES string of the molecule is O=C(O)c1ccc2ccccc2c1.O=C1C=CNC1=O.c1cc[nH]c1. The average molecular weight is 336 g/mol. The molecule has 0 saturated carbocycles. The van der Waals surface area contributed by atoms with Crippen LogP contribution in [0.3, 0.4) is 0 Å². The summed E-state index contributed by atoms with van der Waals surface area (Å²) in [5, 5.41) is 13.0. The number of nitrogens with one attached hydrogen (secondary N) is 2. The molecule has 2 aromatic carbocycles. The van der Waals surface area contributed by atoms with Crippen LogP contribution in [-0.4, -0.2) is 27.8 Å². The van der Waals surface area contributed by atoms with Crippen molar-refractivity contribution in [3.8, 4) is 0 Å². The smallest absolute Gasteiger partial charge is 0.335 e. The summed E-state index contributed by atoms with van der Waals surface area (Å²) in [7, 11) is 0. The highest BCUT2D eigenvalue weighted by Crippen LogP contribution is 2.15. The van der Waals surface area contributed by atoms with Gasteiger partial charge in [-0.1, -0.05) is 30.3 Å². The Balaban J connectivity index is 0.000000156. The van der Waals surface area contributed by atoms with E-state index in [1.54, 1.807) is 12.1 Å². The molecular weight excluding hydrogens is 320 g/mol. The van der Waals surface area contributed by atoms with Gasteiger partial charge < -0.3 is 15.4 Å². The molecule has 0 atom stereocenters. The molecule has 6 nitrogen and oxygen atoms in total. The molecule has 0 unspecified atom stereocenters. The standard InChI is InChI=1S/C11H8O2.C4H3NO2.C4H5N/c12-11(13)10-6-5-8-3-1-2-4-9(8)7-10;6-3-1-2-5-4(3)7;1-2-4-5-3-1/h1-7H,(H,12,13);1-2H,(H,5,6,7);1-5H. The second-order valence-electron chi connectivity index (χ2n) is 4.92. The number of hydrogen-bond donors (Lipinski definition) is 3. The highest BCUT2D eigenvalue weighted by atomic mass is 16.4. The van der Waals surface area contributed by atoms with E-state index in [9.17, 15) is 14.4 Å². The molecule has 126 valence electrons.